The monoisotopic (exact) mass is 250 g/mol. The third kappa shape index (κ3) is 15.0. The van der Waals surface area contributed by atoms with Gasteiger partial charge in [0, 0.05) is 32.7 Å². The molecule has 0 amide bonds. The fraction of sp³-hybridized carbons (Fsp3) is 1.00. The molecule has 0 bridgehead atoms. The fourth-order valence-corrected chi connectivity index (χ4v) is 1.15. The summed E-state index contributed by atoms with van der Waals surface area (Å²) in [5.74, 6) is 0. The van der Waals surface area contributed by atoms with Crippen molar-refractivity contribution in [2.24, 2.45) is 5.73 Å². The third-order valence-corrected chi connectivity index (χ3v) is 1.80. The molecule has 0 aromatic heterocycles. The Balaban J connectivity index is 0. The van der Waals surface area contributed by atoms with Crippen molar-refractivity contribution in [3.05, 3.63) is 0 Å². The van der Waals surface area contributed by atoms with Crippen LogP contribution in [0.2, 0.25) is 0 Å². The first kappa shape index (κ1) is 18.4. The second kappa shape index (κ2) is 15.0. The van der Waals surface area contributed by atoms with Crippen molar-refractivity contribution in [3.63, 3.8) is 0 Å². The summed E-state index contributed by atoms with van der Waals surface area (Å²) in [5, 5.41) is 3.04. The van der Waals surface area contributed by atoms with Crippen LogP contribution in [0.4, 0.5) is 0 Å². The molecule has 7 nitrogen and oxygen atoms in total. The summed E-state index contributed by atoms with van der Waals surface area (Å²) >= 11 is 0. The van der Waals surface area contributed by atoms with Gasteiger partial charge >= 0.3 is 37.8 Å². The van der Waals surface area contributed by atoms with Crippen LogP contribution in [0.1, 0.15) is 6.92 Å². The molecule has 0 aliphatic carbocycles. The average Bonchev–Trinajstić information content (AvgIpc) is 2.20. The topological polar surface area (TPSA) is 97.6 Å². The molecular weight excluding hydrogens is 230 g/mol. The molecule has 1 unspecified atom stereocenters. The van der Waals surface area contributed by atoms with Crippen molar-refractivity contribution in [1.82, 2.24) is 16.3 Å². The Morgan fingerprint density at radius 2 is 1.87 bits per heavy atom. The second-order valence-electron chi connectivity index (χ2n) is 2.39. The van der Waals surface area contributed by atoms with Crippen LogP contribution in [-0.2, 0) is 13.8 Å². The summed E-state index contributed by atoms with van der Waals surface area (Å²) in [5.41, 5.74) is 10.2. The summed E-state index contributed by atoms with van der Waals surface area (Å²) < 4.78 is 20.1. The first-order chi connectivity index (χ1) is 6.81. The molecule has 0 saturated carbocycles. The van der Waals surface area contributed by atoms with Gasteiger partial charge in [-0.2, -0.15) is 11.0 Å². The number of rotatable bonds is 10. The number of nitrogens with two attached hydrogens (primary N) is 1. The molecule has 0 saturated heterocycles. The molecule has 0 fully saturated rings. The van der Waals surface area contributed by atoms with Gasteiger partial charge in [0.05, 0.1) is 0 Å². The molecule has 5 N–H and O–H groups in total. The summed E-state index contributed by atoms with van der Waals surface area (Å²) in [6.07, 6.45) is 0. The quantitative estimate of drug-likeness (QED) is 0.159. The minimum absolute atomic E-state index is 0. The van der Waals surface area contributed by atoms with Crippen molar-refractivity contribution >= 4 is 37.8 Å². The van der Waals surface area contributed by atoms with Gasteiger partial charge in [0.2, 0.25) is 0 Å². The molecule has 9 heteroatoms. The first-order valence-electron chi connectivity index (χ1n) is 4.55. The molecule has 15 heavy (non-hydrogen) atoms. The summed E-state index contributed by atoms with van der Waals surface area (Å²) in [7, 11) is -2.47. The van der Waals surface area contributed by atoms with Crippen LogP contribution in [0.15, 0.2) is 0 Å². The van der Waals surface area contributed by atoms with Crippen LogP contribution < -0.4 is 22.0 Å². The predicted octanol–water partition coefficient (Wildman–Crippen LogP) is -1.66. The molecule has 0 radical (unpaired) electrons. The third-order valence-electron chi connectivity index (χ3n) is 1.18. The number of nitrogens with one attached hydrogen (secondary N) is 3. The molecule has 88 valence electrons. The van der Waals surface area contributed by atoms with Gasteiger partial charge in [-0.05, 0) is 0 Å². The zero-order chi connectivity index (χ0) is 10.6. The summed E-state index contributed by atoms with van der Waals surface area (Å²) in [4.78, 5) is 0. The molecular formula is C6H20N4NaO3P. The van der Waals surface area contributed by atoms with Gasteiger partial charge < -0.3 is 11.1 Å². The van der Waals surface area contributed by atoms with E-state index < -0.39 is 8.25 Å². The van der Waals surface area contributed by atoms with Crippen molar-refractivity contribution in [3.8, 4) is 0 Å². The van der Waals surface area contributed by atoms with E-state index in [1.807, 2.05) is 6.92 Å². The van der Waals surface area contributed by atoms with E-state index in [1.165, 1.54) is 0 Å². The van der Waals surface area contributed by atoms with Crippen LogP contribution in [-0.4, -0.2) is 62.3 Å². The Morgan fingerprint density at radius 1 is 1.20 bits per heavy atom. The predicted molar refractivity (Wildman–Crippen MR) is 61.9 cm³/mol. The standard InChI is InChI=1S/C6H19N4O3P.Na.H/c1-2-9-12-14(11)13-10-6-5-8-4-3-7;;/h8-10,14H,2-7H2,1H3;;. The number of hydrogen-bond donors (Lipinski definition) is 4. The van der Waals surface area contributed by atoms with Gasteiger partial charge in [-0.15, -0.1) is 0 Å². The minimum atomic E-state index is -2.47. The van der Waals surface area contributed by atoms with E-state index in [0.717, 1.165) is 6.54 Å². The van der Waals surface area contributed by atoms with Crippen LogP contribution >= 0.6 is 8.25 Å². The Kier molecular flexibility index (Phi) is 18.3. The molecule has 0 aromatic rings. The van der Waals surface area contributed by atoms with E-state index in [9.17, 15) is 4.57 Å². The molecule has 0 aliphatic heterocycles. The Labute approximate surface area is 113 Å². The van der Waals surface area contributed by atoms with E-state index in [2.05, 4.69) is 25.5 Å². The van der Waals surface area contributed by atoms with E-state index >= 15 is 0 Å². The van der Waals surface area contributed by atoms with E-state index in [-0.39, 0.29) is 29.6 Å². The van der Waals surface area contributed by atoms with E-state index in [1.54, 1.807) is 0 Å². The van der Waals surface area contributed by atoms with Crippen LogP contribution in [0.5, 0.6) is 0 Å². The van der Waals surface area contributed by atoms with Gasteiger partial charge in [-0.25, -0.2) is 9.25 Å². The van der Waals surface area contributed by atoms with Crippen LogP contribution in [0.25, 0.3) is 0 Å². The Bertz CT molecular complexity index is 154. The summed E-state index contributed by atoms with van der Waals surface area (Å²) in [6.45, 7) is 5.02. The van der Waals surface area contributed by atoms with Crippen molar-refractivity contribution < 1.29 is 13.8 Å². The molecule has 0 heterocycles. The van der Waals surface area contributed by atoms with Gasteiger partial charge in [0.15, 0.2) is 0 Å². The normalized spacial score (nSPS) is 12.1. The van der Waals surface area contributed by atoms with Gasteiger partial charge in [0.25, 0.3) is 0 Å². The average molecular weight is 250 g/mol. The Morgan fingerprint density at radius 3 is 2.47 bits per heavy atom. The SMILES string of the molecule is CCNO[PH](=O)ONCCNCCN.[NaH]. The molecule has 1 atom stereocenters. The zero-order valence-electron chi connectivity index (χ0n) is 8.34. The number of hydroxylamine groups is 2. The van der Waals surface area contributed by atoms with Crippen molar-refractivity contribution in [1.29, 1.82) is 0 Å². The second-order valence-corrected chi connectivity index (χ2v) is 3.29. The van der Waals surface area contributed by atoms with Crippen LogP contribution in [0, 0.1) is 0 Å². The number of hydrogen-bond acceptors (Lipinski definition) is 7. The fourth-order valence-electron chi connectivity index (χ4n) is 0.628. The first-order valence-corrected chi connectivity index (χ1v) is 5.77. The van der Waals surface area contributed by atoms with Gasteiger partial charge in [-0.3, -0.25) is 4.57 Å². The summed E-state index contributed by atoms with van der Waals surface area (Å²) in [6, 6.07) is 0. The van der Waals surface area contributed by atoms with Crippen molar-refractivity contribution in [2.75, 3.05) is 32.7 Å². The molecule has 0 spiro atoms. The maximum atomic E-state index is 10.9. The molecule has 0 aliphatic rings. The van der Waals surface area contributed by atoms with E-state index in [0.29, 0.717) is 26.2 Å². The van der Waals surface area contributed by atoms with Gasteiger partial charge in [-0.1, -0.05) is 6.92 Å². The van der Waals surface area contributed by atoms with E-state index in [4.69, 9.17) is 5.73 Å². The Hall–Kier alpha value is 0.990. The van der Waals surface area contributed by atoms with Crippen LogP contribution in [0.3, 0.4) is 0 Å². The maximum absolute atomic E-state index is 10.9. The van der Waals surface area contributed by atoms with Gasteiger partial charge in [0.1, 0.15) is 0 Å². The zero-order valence-corrected chi connectivity index (χ0v) is 9.34. The molecule has 0 rings (SSSR count). The van der Waals surface area contributed by atoms with Crippen molar-refractivity contribution in [2.45, 2.75) is 6.92 Å². The molecule has 0 aromatic carbocycles.